The maximum atomic E-state index is 4.55. The molecule has 0 aliphatic rings. The molecule has 0 atom stereocenters. The summed E-state index contributed by atoms with van der Waals surface area (Å²) in [6, 6.07) is 0.564. The Kier molecular flexibility index (Phi) is 10.2. The van der Waals surface area contributed by atoms with Gasteiger partial charge in [-0.05, 0) is 19.8 Å². The lowest BCUT2D eigenvalue weighted by molar-refractivity contribution is 0.365. The molecule has 0 N–H and O–H groups in total. The minimum Gasteiger partial charge on any atom is -0.250 e. The minimum absolute atomic E-state index is 0.564. The van der Waals surface area contributed by atoms with E-state index in [1.165, 1.54) is 77.0 Å². The Balaban J connectivity index is 2.32. The highest BCUT2D eigenvalue weighted by molar-refractivity contribution is 4.78. The number of aromatic nitrogens is 3. The second-order valence-electron chi connectivity index (χ2n) is 6.33. The van der Waals surface area contributed by atoms with Gasteiger partial charge in [-0.25, -0.2) is 9.67 Å². The van der Waals surface area contributed by atoms with Crippen LogP contribution < -0.4 is 0 Å². The molecule has 0 spiro atoms. The largest absolute Gasteiger partial charge is 0.250 e. The predicted molar refractivity (Wildman–Crippen MR) is 90.5 cm³/mol. The molecule has 1 rings (SSSR count). The molecule has 1 aromatic heterocycles. The zero-order chi connectivity index (χ0) is 15.3. The third-order valence-corrected chi connectivity index (χ3v) is 4.28. The highest BCUT2D eigenvalue weighted by Crippen LogP contribution is 2.22. The Morgan fingerprint density at radius 1 is 0.857 bits per heavy atom. The van der Waals surface area contributed by atoms with E-state index in [9.17, 15) is 0 Å². The fourth-order valence-electron chi connectivity index (χ4n) is 2.91. The average Bonchev–Trinajstić information content (AvgIpc) is 2.91. The van der Waals surface area contributed by atoms with Crippen LogP contribution in [-0.2, 0) is 0 Å². The molecule has 0 saturated carbocycles. The van der Waals surface area contributed by atoms with Crippen molar-refractivity contribution in [2.24, 2.45) is 0 Å². The number of hydrogen-bond donors (Lipinski definition) is 0. The lowest BCUT2D eigenvalue weighted by Crippen LogP contribution is -2.10. The monoisotopic (exact) mass is 293 g/mol. The summed E-state index contributed by atoms with van der Waals surface area (Å²) in [5.41, 5.74) is 0. The Hall–Kier alpha value is -0.860. The Morgan fingerprint density at radius 3 is 1.81 bits per heavy atom. The second-order valence-corrected chi connectivity index (χ2v) is 6.33. The number of aryl methyl sites for hydroxylation is 1. The van der Waals surface area contributed by atoms with Crippen LogP contribution in [0.25, 0.3) is 0 Å². The number of hydrogen-bond acceptors (Lipinski definition) is 2. The molecule has 21 heavy (non-hydrogen) atoms. The molecular weight excluding hydrogens is 258 g/mol. The minimum atomic E-state index is 0.564. The molecule has 0 amide bonds. The molecule has 3 nitrogen and oxygen atoms in total. The molecular formula is C18H35N3. The maximum absolute atomic E-state index is 4.55. The van der Waals surface area contributed by atoms with Gasteiger partial charge in [0.15, 0.2) is 0 Å². The van der Waals surface area contributed by atoms with Crippen LogP contribution in [0.15, 0.2) is 6.33 Å². The van der Waals surface area contributed by atoms with E-state index in [-0.39, 0.29) is 0 Å². The van der Waals surface area contributed by atoms with Gasteiger partial charge in [0.05, 0.1) is 6.04 Å². The van der Waals surface area contributed by atoms with Gasteiger partial charge in [-0.1, -0.05) is 78.1 Å². The van der Waals surface area contributed by atoms with E-state index in [2.05, 4.69) is 28.6 Å². The molecule has 0 fully saturated rings. The van der Waals surface area contributed by atoms with Crippen LogP contribution in [0, 0.1) is 6.92 Å². The Labute approximate surface area is 131 Å². The molecule has 0 bridgehead atoms. The molecule has 0 saturated heterocycles. The van der Waals surface area contributed by atoms with Gasteiger partial charge in [-0.15, -0.1) is 0 Å². The zero-order valence-corrected chi connectivity index (χ0v) is 14.5. The normalized spacial score (nSPS) is 11.4. The van der Waals surface area contributed by atoms with Crippen molar-refractivity contribution in [1.82, 2.24) is 14.8 Å². The van der Waals surface area contributed by atoms with Gasteiger partial charge in [0.25, 0.3) is 0 Å². The predicted octanol–water partition coefficient (Wildman–Crippen LogP) is 5.85. The number of nitrogens with zero attached hydrogens (tertiary/aromatic N) is 3. The van der Waals surface area contributed by atoms with Crippen molar-refractivity contribution < 1.29 is 0 Å². The third-order valence-electron chi connectivity index (χ3n) is 4.28. The summed E-state index contributed by atoms with van der Waals surface area (Å²) in [5, 5.41) is 4.55. The van der Waals surface area contributed by atoms with E-state index >= 15 is 0 Å². The molecule has 0 aromatic carbocycles. The maximum Gasteiger partial charge on any atom is 0.147 e. The first-order valence-electron chi connectivity index (χ1n) is 9.15. The molecule has 1 aromatic rings. The lowest BCUT2D eigenvalue weighted by atomic mass is 10.0. The fraction of sp³-hybridized carbons (Fsp3) is 0.889. The van der Waals surface area contributed by atoms with Crippen LogP contribution in [0.2, 0.25) is 0 Å². The van der Waals surface area contributed by atoms with E-state index in [1.807, 2.05) is 13.3 Å². The van der Waals surface area contributed by atoms with Crippen LogP contribution in [-0.4, -0.2) is 14.8 Å². The van der Waals surface area contributed by atoms with Crippen LogP contribution in [0.3, 0.4) is 0 Å². The summed E-state index contributed by atoms with van der Waals surface area (Å²) in [6.45, 7) is 6.53. The first kappa shape index (κ1) is 18.2. The van der Waals surface area contributed by atoms with E-state index in [4.69, 9.17) is 0 Å². The summed E-state index contributed by atoms with van der Waals surface area (Å²) in [7, 11) is 0. The molecule has 0 radical (unpaired) electrons. The summed E-state index contributed by atoms with van der Waals surface area (Å²) >= 11 is 0. The zero-order valence-electron chi connectivity index (χ0n) is 14.5. The third kappa shape index (κ3) is 8.23. The van der Waals surface area contributed by atoms with Gasteiger partial charge >= 0.3 is 0 Å². The van der Waals surface area contributed by atoms with Gasteiger partial charge in [0.2, 0.25) is 0 Å². The van der Waals surface area contributed by atoms with E-state index in [0.717, 1.165) is 5.82 Å². The standard InChI is InChI=1S/C18H35N3/c1-4-6-8-10-12-14-18(15-13-11-9-7-5-2)21-16-19-17(3)20-21/h16,18H,4-15H2,1-3H3. The van der Waals surface area contributed by atoms with Crippen molar-refractivity contribution in [1.29, 1.82) is 0 Å². The first-order valence-corrected chi connectivity index (χ1v) is 9.15. The van der Waals surface area contributed by atoms with E-state index in [1.54, 1.807) is 0 Å². The van der Waals surface area contributed by atoms with Crippen molar-refractivity contribution in [2.45, 2.75) is 104 Å². The number of unbranched alkanes of at least 4 members (excludes halogenated alkanes) is 8. The van der Waals surface area contributed by atoms with Crippen molar-refractivity contribution in [3.05, 3.63) is 12.2 Å². The highest BCUT2D eigenvalue weighted by atomic mass is 15.3. The average molecular weight is 293 g/mol. The van der Waals surface area contributed by atoms with Gasteiger partial charge in [0, 0.05) is 0 Å². The molecule has 122 valence electrons. The molecule has 0 unspecified atom stereocenters. The second kappa shape index (κ2) is 11.8. The van der Waals surface area contributed by atoms with E-state index in [0.29, 0.717) is 6.04 Å². The fourth-order valence-corrected chi connectivity index (χ4v) is 2.91. The molecule has 1 heterocycles. The molecule has 0 aliphatic heterocycles. The van der Waals surface area contributed by atoms with Crippen molar-refractivity contribution in [3.63, 3.8) is 0 Å². The van der Waals surface area contributed by atoms with Crippen LogP contribution >= 0.6 is 0 Å². The van der Waals surface area contributed by atoms with E-state index < -0.39 is 0 Å². The van der Waals surface area contributed by atoms with Crippen molar-refractivity contribution in [3.8, 4) is 0 Å². The first-order chi connectivity index (χ1) is 10.3. The molecule has 3 heteroatoms. The van der Waals surface area contributed by atoms with Crippen LogP contribution in [0.4, 0.5) is 0 Å². The van der Waals surface area contributed by atoms with Crippen molar-refractivity contribution >= 4 is 0 Å². The lowest BCUT2D eigenvalue weighted by Gasteiger charge is -2.17. The Morgan fingerprint density at radius 2 is 1.38 bits per heavy atom. The number of rotatable bonds is 13. The quantitative estimate of drug-likeness (QED) is 0.427. The van der Waals surface area contributed by atoms with Gasteiger partial charge in [-0.2, -0.15) is 5.10 Å². The molecule has 0 aliphatic carbocycles. The summed E-state index contributed by atoms with van der Waals surface area (Å²) < 4.78 is 2.12. The van der Waals surface area contributed by atoms with Crippen LogP contribution in [0.5, 0.6) is 0 Å². The summed E-state index contributed by atoms with van der Waals surface area (Å²) in [6.07, 6.45) is 18.0. The Bertz CT molecular complexity index is 332. The topological polar surface area (TPSA) is 30.7 Å². The smallest absolute Gasteiger partial charge is 0.147 e. The highest BCUT2D eigenvalue weighted by Gasteiger charge is 2.12. The van der Waals surface area contributed by atoms with Gasteiger partial charge < -0.3 is 0 Å². The van der Waals surface area contributed by atoms with Gasteiger partial charge in [-0.3, -0.25) is 0 Å². The van der Waals surface area contributed by atoms with Crippen LogP contribution in [0.1, 0.15) is 103 Å². The van der Waals surface area contributed by atoms with Gasteiger partial charge in [0.1, 0.15) is 12.2 Å². The van der Waals surface area contributed by atoms with Crippen molar-refractivity contribution in [2.75, 3.05) is 0 Å². The summed E-state index contributed by atoms with van der Waals surface area (Å²) in [5.74, 6) is 0.900. The summed E-state index contributed by atoms with van der Waals surface area (Å²) in [4.78, 5) is 4.30. The SMILES string of the molecule is CCCCCCCC(CCCCCCC)n1cnc(C)n1.